The smallest absolute Gasteiger partial charge is 0.271 e. The van der Waals surface area contributed by atoms with E-state index in [4.69, 9.17) is 16.3 Å². The van der Waals surface area contributed by atoms with Crippen LogP contribution in [0.5, 0.6) is 5.75 Å². The molecular formula is C23H21ClN4O2S. The number of thiazole rings is 1. The van der Waals surface area contributed by atoms with E-state index in [2.05, 4.69) is 15.3 Å². The van der Waals surface area contributed by atoms with Gasteiger partial charge >= 0.3 is 0 Å². The highest BCUT2D eigenvalue weighted by Gasteiger charge is 2.22. The molecule has 8 heteroatoms. The molecule has 2 heterocycles. The van der Waals surface area contributed by atoms with Crippen LogP contribution in [0.15, 0.2) is 66.3 Å². The number of rotatable bonds is 7. The number of hydrogen-bond acceptors (Lipinski definition) is 5. The molecule has 4 aromatic rings. The van der Waals surface area contributed by atoms with Crippen molar-refractivity contribution in [3.05, 3.63) is 99.0 Å². The minimum Gasteiger partial charge on any atom is -0.486 e. The summed E-state index contributed by atoms with van der Waals surface area (Å²) in [6.07, 6.45) is 3.54. The molecule has 0 saturated heterocycles. The van der Waals surface area contributed by atoms with Crippen LogP contribution in [0.2, 0.25) is 5.02 Å². The molecule has 31 heavy (non-hydrogen) atoms. The highest BCUT2D eigenvalue weighted by atomic mass is 35.5. The number of nitrogens with one attached hydrogen (secondary N) is 1. The molecule has 0 spiro atoms. The Morgan fingerprint density at radius 2 is 1.94 bits per heavy atom. The van der Waals surface area contributed by atoms with E-state index < -0.39 is 6.04 Å². The van der Waals surface area contributed by atoms with Crippen LogP contribution >= 0.6 is 22.9 Å². The van der Waals surface area contributed by atoms with E-state index in [0.717, 1.165) is 16.3 Å². The van der Waals surface area contributed by atoms with E-state index in [-0.39, 0.29) is 5.91 Å². The van der Waals surface area contributed by atoms with Gasteiger partial charge in [-0.25, -0.2) is 9.97 Å². The number of amides is 1. The fourth-order valence-electron chi connectivity index (χ4n) is 3.07. The quantitative estimate of drug-likeness (QED) is 0.431. The number of nitrogens with zero attached hydrogens (tertiary/aromatic N) is 3. The molecule has 158 valence electrons. The Morgan fingerprint density at radius 1 is 1.19 bits per heavy atom. The lowest BCUT2D eigenvalue weighted by molar-refractivity contribution is 0.0936. The SMILES string of the molecule is Cc1ccc(OCc2nc(C(=O)N[C@H](c3ccc(Cl)cc3)c3nccn3C)cs2)cc1. The van der Waals surface area contributed by atoms with Gasteiger partial charge in [0.05, 0.1) is 0 Å². The maximum Gasteiger partial charge on any atom is 0.271 e. The zero-order valence-corrected chi connectivity index (χ0v) is 18.7. The number of halogens is 1. The van der Waals surface area contributed by atoms with Crippen LogP contribution in [0.1, 0.15) is 38.5 Å². The Labute approximate surface area is 189 Å². The Hall–Kier alpha value is -3.16. The van der Waals surface area contributed by atoms with Crippen molar-refractivity contribution in [1.29, 1.82) is 0 Å². The van der Waals surface area contributed by atoms with Gasteiger partial charge in [-0.15, -0.1) is 11.3 Å². The third kappa shape index (κ3) is 5.13. The second-order valence-corrected chi connectivity index (χ2v) is 8.46. The molecule has 1 N–H and O–H groups in total. The number of hydrogen-bond donors (Lipinski definition) is 1. The molecule has 4 rings (SSSR count). The van der Waals surface area contributed by atoms with Crippen molar-refractivity contribution in [2.75, 3.05) is 0 Å². The summed E-state index contributed by atoms with van der Waals surface area (Å²) < 4.78 is 7.64. The van der Waals surface area contributed by atoms with Gasteiger partial charge in [-0.3, -0.25) is 4.79 Å². The summed E-state index contributed by atoms with van der Waals surface area (Å²) in [4.78, 5) is 21.8. The van der Waals surface area contributed by atoms with Crippen LogP contribution in [0.25, 0.3) is 0 Å². The Morgan fingerprint density at radius 3 is 2.61 bits per heavy atom. The van der Waals surface area contributed by atoms with Gasteiger partial charge in [-0.1, -0.05) is 41.4 Å². The summed E-state index contributed by atoms with van der Waals surface area (Å²) >= 11 is 7.42. The number of ether oxygens (including phenoxy) is 1. The highest BCUT2D eigenvalue weighted by molar-refractivity contribution is 7.09. The summed E-state index contributed by atoms with van der Waals surface area (Å²) in [7, 11) is 1.89. The zero-order valence-electron chi connectivity index (χ0n) is 17.1. The fourth-order valence-corrected chi connectivity index (χ4v) is 3.88. The molecule has 1 atom stereocenters. The summed E-state index contributed by atoms with van der Waals surface area (Å²) in [6, 6.07) is 14.7. The Bertz CT molecular complexity index is 1170. The van der Waals surface area contributed by atoms with E-state index >= 15 is 0 Å². The number of imidazole rings is 1. The molecular weight excluding hydrogens is 432 g/mol. The summed E-state index contributed by atoms with van der Waals surface area (Å²) in [5, 5.41) is 6.14. The lowest BCUT2D eigenvalue weighted by Gasteiger charge is -2.18. The van der Waals surface area contributed by atoms with E-state index in [1.165, 1.54) is 16.9 Å². The number of benzene rings is 2. The number of carbonyl (C=O) groups is 1. The third-order valence-electron chi connectivity index (χ3n) is 4.76. The van der Waals surface area contributed by atoms with Gasteiger partial charge < -0.3 is 14.6 Å². The predicted octanol–water partition coefficient (Wildman–Crippen LogP) is 4.94. The second-order valence-electron chi connectivity index (χ2n) is 7.08. The standard InChI is InChI=1S/C23H21ClN4O2S/c1-15-3-9-18(10-4-15)30-13-20-26-19(14-31-20)23(29)27-21(22-25-11-12-28(22)2)16-5-7-17(24)8-6-16/h3-12,14,21H,13H2,1-2H3,(H,27,29)/t21-/m1/s1. The Kier molecular flexibility index (Phi) is 6.34. The minimum absolute atomic E-state index is 0.277. The molecule has 0 fully saturated rings. The average molecular weight is 453 g/mol. The molecule has 0 aliphatic heterocycles. The van der Waals surface area contributed by atoms with Crippen molar-refractivity contribution in [3.63, 3.8) is 0 Å². The zero-order chi connectivity index (χ0) is 21.8. The Balaban J connectivity index is 1.48. The number of carbonyl (C=O) groups excluding carboxylic acids is 1. The van der Waals surface area contributed by atoms with Gasteiger partial charge in [0, 0.05) is 29.8 Å². The third-order valence-corrected chi connectivity index (χ3v) is 5.84. The minimum atomic E-state index is -0.432. The van der Waals surface area contributed by atoms with Crippen molar-refractivity contribution >= 4 is 28.8 Å². The summed E-state index contributed by atoms with van der Waals surface area (Å²) in [5.41, 5.74) is 2.40. The maximum atomic E-state index is 13.0. The largest absolute Gasteiger partial charge is 0.486 e. The monoisotopic (exact) mass is 452 g/mol. The van der Waals surface area contributed by atoms with E-state index in [9.17, 15) is 4.79 Å². The predicted molar refractivity (Wildman–Crippen MR) is 122 cm³/mol. The molecule has 1 amide bonds. The first kappa shape index (κ1) is 21.1. The second kappa shape index (κ2) is 9.32. The molecule has 0 aliphatic rings. The van der Waals surface area contributed by atoms with Crippen LogP contribution in [0.4, 0.5) is 0 Å². The first-order valence-electron chi connectivity index (χ1n) is 9.67. The van der Waals surface area contributed by atoms with Crippen LogP contribution in [0.3, 0.4) is 0 Å². The van der Waals surface area contributed by atoms with Crippen molar-refractivity contribution < 1.29 is 9.53 Å². The molecule has 2 aromatic heterocycles. The van der Waals surface area contributed by atoms with Crippen LogP contribution in [0, 0.1) is 6.92 Å². The maximum absolute atomic E-state index is 13.0. The van der Waals surface area contributed by atoms with Crippen LogP contribution in [-0.2, 0) is 13.7 Å². The van der Waals surface area contributed by atoms with Gasteiger partial charge in [-0.2, -0.15) is 0 Å². The van der Waals surface area contributed by atoms with Gasteiger partial charge in [0.1, 0.15) is 34.9 Å². The lowest BCUT2D eigenvalue weighted by atomic mass is 10.1. The highest BCUT2D eigenvalue weighted by Crippen LogP contribution is 2.23. The van der Waals surface area contributed by atoms with E-state index in [0.29, 0.717) is 23.1 Å². The molecule has 6 nitrogen and oxygen atoms in total. The van der Waals surface area contributed by atoms with Gasteiger partial charge in [0.2, 0.25) is 0 Å². The van der Waals surface area contributed by atoms with E-state index in [1.54, 1.807) is 23.7 Å². The normalized spacial score (nSPS) is 11.8. The number of aryl methyl sites for hydroxylation is 2. The average Bonchev–Trinajstić information content (AvgIpc) is 3.41. The molecule has 0 bridgehead atoms. The van der Waals surface area contributed by atoms with Crippen LogP contribution < -0.4 is 10.1 Å². The fraction of sp³-hybridized carbons (Fsp3) is 0.174. The summed E-state index contributed by atoms with van der Waals surface area (Å²) in [6.45, 7) is 2.33. The first-order chi connectivity index (χ1) is 15.0. The summed E-state index contributed by atoms with van der Waals surface area (Å²) in [5.74, 6) is 1.21. The lowest BCUT2D eigenvalue weighted by Crippen LogP contribution is -2.31. The first-order valence-corrected chi connectivity index (χ1v) is 10.9. The van der Waals surface area contributed by atoms with Crippen molar-refractivity contribution in [2.45, 2.75) is 19.6 Å². The topological polar surface area (TPSA) is 69.0 Å². The van der Waals surface area contributed by atoms with Crippen LogP contribution in [-0.4, -0.2) is 20.4 Å². The van der Waals surface area contributed by atoms with Crippen molar-refractivity contribution in [1.82, 2.24) is 19.9 Å². The van der Waals surface area contributed by atoms with Gasteiger partial charge in [0.15, 0.2) is 0 Å². The van der Waals surface area contributed by atoms with Crippen molar-refractivity contribution in [3.8, 4) is 5.75 Å². The van der Waals surface area contributed by atoms with Gasteiger partial charge in [0.25, 0.3) is 5.91 Å². The van der Waals surface area contributed by atoms with Crippen molar-refractivity contribution in [2.24, 2.45) is 7.05 Å². The number of aromatic nitrogens is 3. The molecule has 0 unspecified atom stereocenters. The molecule has 0 aliphatic carbocycles. The molecule has 0 radical (unpaired) electrons. The molecule has 0 saturated carbocycles. The van der Waals surface area contributed by atoms with Gasteiger partial charge in [-0.05, 0) is 36.8 Å². The van der Waals surface area contributed by atoms with E-state index in [1.807, 2.05) is 61.1 Å². The molecule has 2 aromatic carbocycles.